The Morgan fingerprint density at radius 2 is 2.07 bits per heavy atom. The monoisotopic (exact) mass is 459 g/mol. The maximum absolute atomic E-state index is 12.6. The first kappa shape index (κ1) is 22.4. The van der Waals surface area contributed by atoms with Gasteiger partial charge in [0.25, 0.3) is 5.91 Å². The normalized spacial score (nSPS) is 15.0. The van der Waals surface area contributed by atoms with E-state index in [9.17, 15) is 4.79 Å². The largest absolute Gasteiger partial charge is 0.490 e. The highest BCUT2D eigenvalue weighted by molar-refractivity contribution is 8.26. The minimum absolute atomic E-state index is 0.140. The number of carbonyl (C=O) groups is 1. The zero-order valence-electron chi connectivity index (χ0n) is 16.8. The maximum atomic E-state index is 12.6. The molecule has 4 nitrogen and oxygen atoms in total. The Morgan fingerprint density at radius 3 is 2.77 bits per heavy atom. The highest BCUT2D eigenvalue weighted by Gasteiger charge is 2.31. The molecule has 0 radical (unpaired) electrons. The molecule has 2 aromatic rings. The molecule has 1 fully saturated rings. The summed E-state index contributed by atoms with van der Waals surface area (Å²) in [5.74, 6) is 0.876. The van der Waals surface area contributed by atoms with Gasteiger partial charge in [0.2, 0.25) is 0 Å². The van der Waals surface area contributed by atoms with Gasteiger partial charge in [-0.1, -0.05) is 71.5 Å². The smallest absolute Gasteiger partial charge is 0.266 e. The Labute approximate surface area is 191 Å². The molecule has 30 heavy (non-hydrogen) atoms. The van der Waals surface area contributed by atoms with Crippen LogP contribution in [0.15, 0.2) is 54.0 Å². The molecule has 3 rings (SSSR count). The van der Waals surface area contributed by atoms with Crippen LogP contribution in [-0.2, 0) is 11.4 Å². The molecule has 1 heterocycles. The van der Waals surface area contributed by atoms with Gasteiger partial charge in [0, 0.05) is 6.54 Å². The van der Waals surface area contributed by atoms with Gasteiger partial charge in [0.05, 0.1) is 16.5 Å². The molecule has 156 valence electrons. The molecular formula is C23H22ClNO3S2. The lowest BCUT2D eigenvalue weighted by Crippen LogP contribution is -2.27. The Bertz CT molecular complexity index is 1020. The van der Waals surface area contributed by atoms with Gasteiger partial charge in [0.1, 0.15) is 10.9 Å². The fourth-order valence-electron chi connectivity index (χ4n) is 2.97. The quantitative estimate of drug-likeness (QED) is 0.274. The number of hydrogen-bond donors (Lipinski definition) is 0. The zero-order valence-corrected chi connectivity index (χ0v) is 19.2. The summed E-state index contributed by atoms with van der Waals surface area (Å²) in [7, 11) is 0. The van der Waals surface area contributed by atoms with E-state index in [1.165, 1.54) is 16.7 Å². The predicted molar refractivity (Wildman–Crippen MR) is 128 cm³/mol. The van der Waals surface area contributed by atoms with Crippen LogP contribution < -0.4 is 9.47 Å². The van der Waals surface area contributed by atoms with Crippen molar-refractivity contribution in [2.24, 2.45) is 0 Å². The number of thioether (sulfide) groups is 1. The average molecular weight is 460 g/mol. The third-order valence-corrected chi connectivity index (χ3v) is 5.94. The van der Waals surface area contributed by atoms with E-state index in [-0.39, 0.29) is 5.91 Å². The van der Waals surface area contributed by atoms with E-state index in [1.54, 1.807) is 18.2 Å². The van der Waals surface area contributed by atoms with Crippen molar-refractivity contribution in [1.82, 2.24) is 4.90 Å². The van der Waals surface area contributed by atoms with E-state index in [4.69, 9.17) is 33.3 Å². The van der Waals surface area contributed by atoms with Crippen LogP contribution in [0.5, 0.6) is 11.5 Å². The topological polar surface area (TPSA) is 38.8 Å². The van der Waals surface area contributed by atoms with Gasteiger partial charge < -0.3 is 9.47 Å². The number of ether oxygens (including phenoxy) is 2. The van der Waals surface area contributed by atoms with Gasteiger partial charge in [-0.05, 0) is 43.2 Å². The highest BCUT2D eigenvalue weighted by Crippen LogP contribution is 2.39. The van der Waals surface area contributed by atoms with Crippen LogP contribution in [0.25, 0.3) is 6.08 Å². The van der Waals surface area contributed by atoms with E-state index < -0.39 is 0 Å². The molecule has 0 unspecified atom stereocenters. The van der Waals surface area contributed by atoms with Gasteiger partial charge in [-0.3, -0.25) is 9.69 Å². The Morgan fingerprint density at radius 1 is 1.27 bits per heavy atom. The van der Waals surface area contributed by atoms with Crippen molar-refractivity contribution in [3.8, 4) is 11.5 Å². The second kappa shape index (κ2) is 10.2. The second-order valence-electron chi connectivity index (χ2n) is 6.62. The third kappa shape index (κ3) is 5.25. The van der Waals surface area contributed by atoms with Gasteiger partial charge in [-0.15, -0.1) is 6.58 Å². The fourth-order valence-corrected chi connectivity index (χ4v) is 4.52. The van der Waals surface area contributed by atoms with E-state index in [2.05, 4.69) is 12.6 Å². The lowest BCUT2D eigenvalue weighted by atomic mass is 10.1. The summed E-state index contributed by atoms with van der Waals surface area (Å²) >= 11 is 13.1. The van der Waals surface area contributed by atoms with Crippen LogP contribution in [-0.4, -0.2) is 28.3 Å². The number of halogens is 1. The van der Waals surface area contributed by atoms with Gasteiger partial charge in [-0.2, -0.15) is 0 Å². The average Bonchev–Trinajstić information content (AvgIpc) is 2.95. The van der Waals surface area contributed by atoms with Crippen molar-refractivity contribution in [1.29, 1.82) is 0 Å². The highest BCUT2D eigenvalue weighted by atomic mass is 35.5. The molecule has 0 saturated carbocycles. The number of carbonyl (C=O) groups excluding carboxylic acids is 1. The summed E-state index contributed by atoms with van der Waals surface area (Å²) in [5, 5.41) is 0.418. The molecule has 0 atom stereocenters. The molecule has 1 saturated heterocycles. The van der Waals surface area contributed by atoms with Gasteiger partial charge in [0.15, 0.2) is 11.5 Å². The summed E-state index contributed by atoms with van der Waals surface area (Å²) in [6.07, 6.45) is 3.42. The van der Waals surface area contributed by atoms with Crippen LogP contribution >= 0.6 is 35.6 Å². The Kier molecular flexibility index (Phi) is 7.58. The number of rotatable bonds is 8. The number of aryl methyl sites for hydroxylation is 1. The fraction of sp³-hybridized carbons (Fsp3) is 0.217. The standard InChI is InChI=1S/C23H22ClNO3S2/c1-4-9-25-22(26)20(30-23(25)29)13-17-11-18(24)21(19(12-17)27-5-2)28-14-16-8-6-7-15(3)10-16/h4,6-8,10-13H,1,5,9,14H2,2-3H3/b20-13+. The first-order chi connectivity index (χ1) is 14.4. The summed E-state index contributed by atoms with van der Waals surface area (Å²) in [6.45, 7) is 8.82. The van der Waals surface area contributed by atoms with E-state index in [1.807, 2.05) is 38.1 Å². The van der Waals surface area contributed by atoms with Crippen molar-refractivity contribution >= 4 is 51.9 Å². The van der Waals surface area contributed by atoms with E-state index >= 15 is 0 Å². The molecule has 0 spiro atoms. The lowest BCUT2D eigenvalue weighted by Gasteiger charge is -2.15. The third-order valence-electron chi connectivity index (χ3n) is 4.28. The summed E-state index contributed by atoms with van der Waals surface area (Å²) < 4.78 is 12.3. The number of nitrogens with zero attached hydrogens (tertiary/aromatic N) is 1. The zero-order chi connectivity index (χ0) is 21.7. The van der Waals surface area contributed by atoms with Gasteiger partial charge in [-0.25, -0.2) is 0 Å². The van der Waals surface area contributed by atoms with Crippen molar-refractivity contribution in [2.75, 3.05) is 13.2 Å². The first-order valence-corrected chi connectivity index (χ1v) is 11.0. The predicted octanol–water partition coefficient (Wildman–Crippen LogP) is 6.01. The van der Waals surface area contributed by atoms with Crippen molar-refractivity contribution in [3.63, 3.8) is 0 Å². The van der Waals surface area contributed by atoms with Crippen molar-refractivity contribution in [2.45, 2.75) is 20.5 Å². The lowest BCUT2D eigenvalue weighted by molar-refractivity contribution is -0.121. The maximum Gasteiger partial charge on any atom is 0.266 e. The van der Waals surface area contributed by atoms with Crippen LogP contribution in [0, 0.1) is 6.92 Å². The van der Waals surface area contributed by atoms with Crippen molar-refractivity contribution < 1.29 is 14.3 Å². The molecule has 1 amide bonds. The number of amides is 1. The summed E-state index contributed by atoms with van der Waals surface area (Å²) in [6, 6.07) is 11.7. The molecule has 2 aromatic carbocycles. The molecule has 0 bridgehead atoms. The Hall–Kier alpha value is -2.28. The van der Waals surface area contributed by atoms with Crippen LogP contribution in [0.3, 0.4) is 0 Å². The molecule has 0 N–H and O–H groups in total. The molecule has 0 aliphatic carbocycles. The van der Waals surface area contributed by atoms with E-state index in [0.717, 1.165) is 16.7 Å². The minimum atomic E-state index is -0.140. The first-order valence-electron chi connectivity index (χ1n) is 9.44. The van der Waals surface area contributed by atoms with Crippen LogP contribution in [0.1, 0.15) is 23.6 Å². The SMILES string of the molecule is C=CCN1C(=O)/C(=C\c2cc(Cl)c(OCc3cccc(C)c3)c(OCC)c2)SC1=S. The van der Waals surface area contributed by atoms with Crippen molar-refractivity contribution in [3.05, 3.63) is 75.7 Å². The number of thiocarbonyl (C=S) groups is 1. The summed E-state index contributed by atoms with van der Waals surface area (Å²) in [5.41, 5.74) is 2.95. The summed E-state index contributed by atoms with van der Waals surface area (Å²) in [4.78, 5) is 14.6. The minimum Gasteiger partial charge on any atom is -0.490 e. The van der Waals surface area contributed by atoms with Gasteiger partial charge >= 0.3 is 0 Å². The molecule has 0 aromatic heterocycles. The second-order valence-corrected chi connectivity index (χ2v) is 8.70. The molecule has 1 aliphatic heterocycles. The number of benzene rings is 2. The molecule has 7 heteroatoms. The number of hydrogen-bond acceptors (Lipinski definition) is 5. The molecular weight excluding hydrogens is 438 g/mol. The molecule has 1 aliphatic rings. The van der Waals surface area contributed by atoms with E-state index in [0.29, 0.717) is 45.5 Å². The Balaban J connectivity index is 1.87. The van der Waals surface area contributed by atoms with Crippen LogP contribution in [0.4, 0.5) is 0 Å². The van der Waals surface area contributed by atoms with Crippen LogP contribution in [0.2, 0.25) is 5.02 Å².